The lowest BCUT2D eigenvalue weighted by molar-refractivity contribution is 0.103. The number of hydrogen-bond donors (Lipinski definition) is 0. The van der Waals surface area contributed by atoms with Crippen molar-refractivity contribution < 1.29 is 9.59 Å². The Labute approximate surface area is 266 Å². The highest BCUT2D eigenvalue weighted by atomic mass is 16.1. The number of carbonyl (C=O) groups excluding carboxylic acids is 2. The average Bonchev–Trinajstić information content (AvgIpc) is 3.39. The molecule has 0 saturated carbocycles. The van der Waals surface area contributed by atoms with Gasteiger partial charge >= 0.3 is 0 Å². The van der Waals surface area contributed by atoms with Crippen molar-refractivity contribution in [2.24, 2.45) is 0 Å². The van der Waals surface area contributed by atoms with Crippen molar-refractivity contribution in [2.45, 2.75) is 32.1 Å². The molecule has 2 aliphatic rings. The fourth-order valence-corrected chi connectivity index (χ4v) is 6.68. The van der Waals surface area contributed by atoms with Crippen molar-refractivity contribution >= 4 is 11.6 Å². The Hall–Kier alpha value is -5.34. The minimum Gasteiger partial charge on any atom is -0.289 e. The number of rotatable bonds is 7. The van der Waals surface area contributed by atoms with E-state index in [4.69, 9.17) is 0 Å². The highest BCUT2D eigenvalue weighted by Crippen LogP contribution is 2.57. The summed E-state index contributed by atoms with van der Waals surface area (Å²) in [5.74, 6) is -0.141. The number of Topliss-reactive ketones (excluding diaryl/α,β-unsaturated/α-hetero) is 1. The summed E-state index contributed by atoms with van der Waals surface area (Å²) < 4.78 is 0. The van der Waals surface area contributed by atoms with E-state index >= 15 is 0 Å². The standard InChI is InChI=1S/C43H36O2/c1-5-6-7-9-17-30(3)41(44)33-25-26-37-36-21-14-15-22-38(36)43(40(37)28-33)31(4)18-10-8-11-19-32-23-24-34(27-39(32)43)42(45)35-20-13-12-16-29(35)2/h6-18,20-28H,3-5,19H2,1-2H3/b7-6-,11-8-,17-9-,18-10-. The number of ketones is 2. The number of carbonyl (C=O) groups is 2. The Morgan fingerprint density at radius 1 is 0.822 bits per heavy atom. The predicted molar refractivity (Wildman–Crippen MR) is 186 cm³/mol. The molecule has 2 aliphatic carbocycles. The Morgan fingerprint density at radius 2 is 1.56 bits per heavy atom. The van der Waals surface area contributed by atoms with Gasteiger partial charge in [-0.25, -0.2) is 0 Å². The number of allylic oxidation sites excluding steroid dienone is 10. The molecule has 0 aromatic heterocycles. The SMILES string of the molecule is C=C(/C=C\C=C/CC)C(=O)c1ccc2c(c1)C1(C(=C)/C=C\C=C/Cc3ccc(C(=O)c4ccccc4C)cc31)c1ccccc1-2. The molecular weight excluding hydrogens is 548 g/mol. The van der Waals surface area contributed by atoms with E-state index < -0.39 is 5.41 Å². The maximum atomic E-state index is 14.0. The van der Waals surface area contributed by atoms with Gasteiger partial charge in [0.05, 0.1) is 5.41 Å². The average molecular weight is 585 g/mol. The van der Waals surface area contributed by atoms with Crippen LogP contribution in [-0.2, 0) is 11.8 Å². The number of aryl methyl sites for hydroxylation is 1. The summed E-state index contributed by atoms with van der Waals surface area (Å²) in [6.45, 7) is 12.8. The van der Waals surface area contributed by atoms with Crippen LogP contribution >= 0.6 is 0 Å². The smallest absolute Gasteiger partial charge is 0.193 e. The normalized spacial score (nSPS) is 18.1. The Morgan fingerprint density at radius 3 is 2.38 bits per heavy atom. The first kappa shape index (κ1) is 29.7. The largest absolute Gasteiger partial charge is 0.289 e. The van der Waals surface area contributed by atoms with Crippen molar-refractivity contribution in [3.8, 4) is 11.1 Å². The number of benzene rings is 4. The van der Waals surface area contributed by atoms with E-state index in [1.54, 1.807) is 6.08 Å². The van der Waals surface area contributed by atoms with Crippen LogP contribution in [0.2, 0.25) is 0 Å². The lowest BCUT2D eigenvalue weighted by atomic mass is 9.65. The minimum atomic E-state index is -0.816. The summed E-state index contributed by atoms with van der Waals surface area (Å²) in [5.41, 5.74) is 9.62. The van der Waals surface area contributed by atoms with Crippen molar-refractivity contribution in [3.63, 3.8) is 0 Å². The zero-order valence-electron chi connectivity index (χ0n) is 25.8. The van der Waals surface area contributed by atoms with E-state index in [0.29, 0.717) is 28.7 Å². The minimum absolute atomic E-state index is 0.0155. The van der Waals surface area contributed by atoms with Gasteiger partial charge in [0.25, 0.3) is 0 Å². The summed E-state index contributed by atoms with van der Waals surface area (Å²) in [7, 11) is 0. The quantitative estimate of drug-likeness (QED) is 0.123. The van der Waals surface area contributed by atoms with E-state index in [-0.39, 0.29) is 11.6 Å². The fraction of sp³-hybridized carbons (Fsp3) is 0.116. The van der Waals surface area contributed by atoms with Crippen LogP contribution in [0.5, 0.6) is 0 Å². The first-order valence-electron chi connectivity index (χ1n) is 15.5. The third-order valence-electron chi connectivity index (χ3n) is 8.91. The highest BCUT2D eigenvalue weighted by molar-refractivity contribution is 6.11. The molecule has 2 heteroatoms. The van der Waals surface area contributed by atoms with Crippen LogP contribution in [0.1, 0.15) is 67.4 Å². The molecule has 0 fully saturated rings. The van der Waals surface area contributed by atoms with E-state index in [9.17, 15) is 9.59 Å². The van der Waals surface area contributed by atoms with Gasteiger partial charge in [-0.1, -0.05) is 141 Å². The van der Waals surface area contributed by atoms with Crippen LogP contribution in [0.4, 0.5) is 0 Å². The van der Waals surface area contributed by atoms with Gasteiger partial charge in [-0.3, -0.25) is 9.59 Å². The molecule has 1 atom stereocenters. The summed E-state index contributed by atoms with van der Waals surface area (Å²) in [6, 6.07) is 28.1. The van der Waals surface area contributed by atoms with Gasteiger partial charge in [0.15, 0.2) is 11.6 Å². The molecule has 0 amide bonds. The van der Waals surface area contributed by atoms with Crippen molar-refractivity contribution in [2.75, 3.05) is 0 Å². The van der Waals surface area contributed by atoms with Crippen molar-refractivity contribution in [3.05, 3.63) is 202 Å². The maximum Gasteiger partial charge on any atom is 0.193 e. The van der Waals surface area contributed by atoms with Crippen LogP contribution < -0.4 is 0 Å². The first-order valence-corrected chi connectivity index (χ1v) is 15.5. The van der Waals surface area contributed by atoms with Crippen molar-refractivity contribution in [1.82, 2.24) is 0 Å². The predicted octanol–water partition coefficient (Wildman–Crippen LogP) is 10.0. The van der Waals surface area contributed by atoms with Crippen LogP contribution in [0.25, 0.3) is 11.1 Å². The van der Waals surface area contributed by atoms with Gasteiger partial charge in [0, 0.05) is 22.3 Å². The third kappa shape index (κ3) is 5.13. The van der Waals surface area contributed by atoms with Crippen LogP contribution in [0.15, 0.2) is 158 Å². The van der Waals surface area contributed by atoms with Crippen LogP contribution in [-0.4, -0.2) is 11.6 Å². The second-order valence-electron chi connectivity index (χ2n) is 11.6. The molecule has 0 radical (unpaired) electrons. The molecule has 0 bridgehead atoms. The summed E-state index contributed by atoms with van der Waals surface area (Å²) in [4.78, 5) is 27.7. The van der Waals surface area contributed by atoms with Crippen LogP contribution in [0.3, 0.4) is 0 Å². The lowest BCUT2D eigenvalue weighted by Gasteiger charge is -2.36. The van der Waals surface area contributed by atoms with Gasteiger partial charge in [0.2, 0.25) is 0 Å². The van der Waals surface area contributed by atoms with Gasteiger partial charge in [-0.05, 0) is 76.4 Å². The highest BCUT2D eigenvalue weighted by Gasteiger charge is 2.47. The Bertz CT molecular complexity index is 1990. The van der Waals surface area contributed by atoms with E-state index in [1.165, 1.54) is 0 Å². The molecule has 220 valence electrons. The molecule has 45 heavy (non-hydrogen) atoms. The lowest BCUT2D eigenvalue weighted by Crippen LogP contribution is -2.30. The monoisotopic (exact) mass is 584 g/mol. The molecule has 0 aliphatic heterocycles. The molecular formula is C43H36O2. The van der Waals surface area contributed by atoms with E-state index in [1.807, 2.05) is 91.9 Å². The van der Waals surface area contributed by atoms with Gasteiger partial charge in [-0.15, -0.1) is 0 Å². The molecule has 6 rings (SSSR count). The summed E-state index contributed by atoms with van der Waals surface area (Å²) in [5, 5.41) is 0. The van der Waals surface area contributed by atoms with E-state index in [2.05, 4.69) is 62.6 Å². The molecule has 4 aromatic carbocycles. The molecule has 1 unspecified atom stereocenters. The summed E-state index contributed by atoms with van der Waals surface area (Å²) >= 11 is 0. The molecule has 1 spiro atoms. The second-order valence-corrected chi connectivity index (χ2v) is 11.6. The zero-order valence-corrected chi connectivity index (χ0v) is 25.8. The van der Waals surface area contributed by atoms with Crippen molar-refractivity contribution in [1.29, 1.82) is 0 Å². The maximum absolute atomic E-state index is 14.0. The topological polar surface area (TPSA) is 34.1 Å². The van der Waals surface area contributed by atoms with Gasteiger partial charge in [0.1, 0.15) is 0 Å². The Kier molecular flexibility index (Phi) is 8.15. The van der Waals surface area contributed by atoms with Gasteiger partial charge in [-0.2, -0.15) is 0 Å². The Balaban J connectivity index is 1.60. The van der Waals surface area contributed by atoms with E-state index in [0.717, 1.165) is 50.9 Å². The third-order valence-corrected chi connectivity index (χ3v) is 8.91. The molecule has 2 nitrogen and oxygen atoms in total. The van der Waals surface area contributed by atoms with Crippen LogP contribution in [0, 0.1) is 6.92 Å². The number of fused-ring (bicyclic) bond motifs is 7. The fourth-order valence-electron chi connectivity index (χ4n) is 6.68. The zero-order chi connectivity index (χ0) is 31.6. The number of hydrogen-bond acceptors (Lipinski definition) is 2. The molecule has 0 N–H and O–H groups in total. The summed E-state index contributed by atoms with van der Waals surface area (Å²) in [6.07, 6.45) is 17.5. The molecule has 0 saturated heterocycles. The molecule has 4 aromatic rings. The first-order chi connectivity index (χ1) is 21.9. The van der Waals surface area contributed by atoms with Gasteiger partial charge < -0.3 is 0 Å². The second kappa shape index (κ2) is 12.3. The molecule has 0 heterocycles.